The van der Waals surface area contributed by atoms with E-state index in [0.29, 0.717) is 23.1 Å². The lowest BCUT2D eigenvalue weighted by Crippen LogP contribution is -2.02. The highest BCUT2D eigenvalue weighted by Crippen LogP contribution is 2.22. The molecule has 4 heteroatoms. The minimum Gasteiger partial charge on any atom is -0.382 e. The zero-order valence-electron chi connectivity index (χ0n) is 6.85. The monoisotopic (exact) mass is 242 g/mol. The first-order valence-electron chi connectivity index (χ1n) is 3.80. The van der Waals surface area contributed by atoms with Gasteiger partial charge in [-0.05, 0) is 28.1 Å². The van der Waals surface area contributed by atoms with Crippen molar-refractivity contribution in [2.75, 3.05) is 11.9 Å². The fourth-order valence-electron chi connectivity index (χ4n) is 0.893. The SMILES string of the molecule is N#CCCNc1cccc(Br)c1F. The molecule has 2 nitrogen and oxygen atoms in total. The summed E-state index contributed by atoms with van der Waals surface area (Å²) in [7, 11) is 0. The lowest BCUT2D eigenvalue weighted by Gasteiger charge is -2.05. The number of hydrogen-bond donors (Lipinski definition) is 1. The molecule has 13 heavy (non-hydrogen) atoms. The maximum Gasteiger partial charge on any atom is 0.160 e. The van der Waals surface area contributed by atoms with E-state index in [1.807, 2.05) is 6.07 Å². The van der Waals surface area contributed by atoms with E-state index in [-0.39, 0.29) is 5.82 Å². The van der Waals surface area contributed by atoms with E-state index in [1.165, 1.54) is 0 Å². The number of nitriles is 1. The summed E-state index contributed by atoms with van der Waals surface area (Å²) in [5, 5.41) is 11.1. The second-order valence-corrected chi connectivity index (χ2v) is 3.29. The van der Waals surface area contributed by atoms with Crippen LogP contribution in [-0.2, 0) is 0 Å². The maximum atomic E-state index is 13.2. The van der Waals surface area contributed by atoms with Gasteiger partial charge in [-0.25, -0.2) is 4.39 Å². The average Bonchev–Trinajstić information content (AvgIpc) is 2.13. The standard InChI is InChI=1S/C9H8BrFN2/c10-7-3-1-4-8(9(7)11)13-6-2-5-12/h1,3-4,13H,2,6H2. The summed E-state index contributed by atoms with van der Waals surface area (Å²) in [6.07, 6.45) is 0.367. The van der Waals surface area contributed by atoms with Crippen LogP contribution in [0.5, 0.6) is 0 Å². The highest BCUT2D eigenvalue weighted by Gasteiger charge is 2.03. The van der Waals surface area contributed by atoms with Crippen LogP contribution in [0, 0.1) is 17.1 Å². The van der Waals surface area contributed by atoms with Crippen LogP contribution in [0.25, 0.3) is 0 Å². The molecule has 0 saturated heterocycles. The van der Waals surface area contributed by atoms with Gasteiger partial charge in [-0.2, -0.15) is 5.26 Å². The van der Waals surface area contributed by atoms with Gasteiger partial charge in [0.25, 0.3) is 0 Å². The number of nitrogens with zero attached hydrogens (tertiary/aromatic N) is 1. The van der Waals surface area contributed by atoms with Gasteiger partial charge in [0.1, 0.15) is 0 Å². The van der Waals surface area contributed by atoms with E-state index in [0.717, 1.165) is 0 Å². The minimum absolute atomic E-state index is 0.319. The quantitative estimate of drug-likeness (QED) is 0.828. The molecule has 0 heterocycles. The van der Waals surface area contributed by atoms with Crippen molar-refractivity contribution in [2.45, 2.75) is 6.42 Å². The number of halogens is 2. The van der Waals surface area contributed by atoms with Crippen molar-refractivity contribution in [2.24, 2.45) is 0 Å². The van der Waals surface area contributed by atoms with E-state index in [4.69, 9.17) is 5.26 Å². The lowest BCUT2D eigenvalue weighted by atomic mass is 10.3. The van der Waals surface area contributed by atoms with E-state index in [1.54, 1.807) is 18.2 Å². The van der Waals surface area contributed by atoms with Crippen LogP contribution >= 0.6 is 15.9 Å². The summed E-state index contributed by atoms with van der Waals surface area (Å²) in [5.74, 6) is -0.319. The Hall–Kier alpha value is -1.08. The topological polar surface area (TPSA) is 35.8 Å². The molecule has 0 aliphatic rings. The third kappa shape index (κ3) is 2.71. The van der Waals surface area contributed by atoms with Crippen molar-refractivity contribution >= 4 is 21.6 Å². The summed E-state index contributed by atoms with van der Waals surface area (Å²) < 4.78 is 13.7. The second-order valence-electron chi connectivity index (χ2n) is 2.44. The molecule has 0 atom stereocenters. The smallest absolute Gasteiger partial charge is 0.160 e. The zero-order chi connectivity index (χ0) is 9.68. The summed E-state index contributed by atoms with van der Waals surface area (Å²) >= 11 is 3.08. The van der Waals surface area contributed by atoms with Gasteiger partial charge >= 0.3 is 0 Å². The van der Waals surface area contributed by atoms with Gasteiger partial charge in [0, 0.05) is 6.54 Å². The van der Waals surface area contributed by atoms with Crippen molar-refractivity contribution in [1.29, 1.82) is 5.26 Å². The van der Waals surface area contributed by atoms with Crippen LogP contribution in [0.2, 0.25) is 0 Å². The average molecular weight is 243 g/mol. The zero-order valence-corrected chi connectivity index (χ0v) is 8.44. The molecule has 68 valence electrons. The van der Waals surface area contributed by atoms with Gasteiger partial charge in [0.15, 0.2) is 5.82 Å². The largest absolute Gasteiger partial charge is 0.382 e. The Bertz CT molecular complexity index is 333. The van der Waals surface area contributed by atoms with E-state index < -0.39 is 0 Å². The predicted molar refractivity (Wildman–Crippen MR) is 52.8 cm³/mol. The molecule has 0 saturated carbocycles. The molecule has 0 bridgehead atoms. The van der Waals surface area contributed by atoms with Crippen molar-refractivity contribution in [3.05, 3.63) is 28.5 Å². The van der Waals surface area contributed by atoms with Crippen LogP contribution < -0.4 is 5.32 Å². The van der Waals surface area contributed by atoms with Crippen molar-refractivity contribution in [3.63, 3.8) is 0 Å². The lowest BCUT2D eigenvalue weighted by molar-refractivity contribution is 0.623. The Morgan fingerprint density at radius 2 is 2.31 bits per heavy atom. The van der Waals surface area contributed by atoms with E-state index in [2.05, 4.69) is 21.2 Å². The first-order chi connectivity index (χ1) is 6.25. The molecule has 0 aromatic heterocycles. The number of hydrogen-bond acceptors (Lipinski definition) is 2. The highest BCUT2D eigenvalue weighted by molar-refractivity contribution is 9.10. The molecule has 1 N–H and O–H groups in total. The van der Waals surface area contributed by atoms with Crippen LogP contribution in [0.1, 0.15) is 6.42 Å². The molecule has 0 unspecified atom stereocenters. The number of nitrogens with one attached hydrogen (secondary N) is 1. The van der Waals surface area contributed by atoms with Gasteiger partial charge in [-0.1, -0.05) is 6.07 Å². The molecule has 0 radical (unpaired) electrons. The minimum atomic E-state index is -0.319. The van der Waals surface area contributed by atoms with Gasteiger partial charge in [-0.15, -0.1) is 0 Å². The first-order valence-corrected chi connectivity index (χ1v) is 4.60. The Kier molecular flexibility index (Phi) is 3.71. The van der Waals surface area contributed by atoms with Gasteiger partial charge < -0.3 is 5.32 Å². The Morgan fingerprint density at radius 1 is 1.54 bits per heavy atom. The van der Waals surface area contributed by atoms with Crippen LogP contribution in [-0.4, -0.2) is 6.54 Å². The molecule has 0 aliphatic heterocycles. The number of anilines is 1. The molecular formula is C9H8BrFN2. The van der Waals surface area contributed by atoms with Crippen molar-refractivity contribution < 1.29 is 4.39 Å². The second kappa shape index (κ2) is 4.83. The van der Waals surface area contributed by atoms with Crippen LogP contribution in [0.3, 0.4) is 0 Å². The predicted octanol–water partition coefficient (Wildman–Crippen LogP) is 2.91. The van der Waals surface area contributed by atoms with Gasteiger partial charge in [-0.3, -0.25) is 0 Å². The van der Waals surface area contributed by atoms with Gasteiger partial charge in [0.2, 0.25) is 0 Å². The van der Waals surface area contributed by atoms with Crippen molar-refractivity contribution in [3.8, 4) is 6.07 Å². The number of rotatable bonds is 3. The molecule has 0 fully saturated rings. The molecular weight excluding hydrogens is 235 g/mol. The fraction of sp³-hybridized carbons (Fsp3) is 0.222. The molecule has 0 spiro atoms. The third-order valence-corrected chi connectivity index (χ3v) is 2.12. The van der Waals surface area contributed by atoms with Crippen molar-refractivity contribution in [1.82, 2.24) is 0 Å². The third-order valence-electron chi connectivity index (χ3n) is 1.50. The summed E-state index contributed by atoms with van der Waals surface area (Å²) in [5.41, 5.74) is 0.421. The number of benzene rings is 1. The van der Waals surface area contributed by atoms with E-state index >= 15 is 0 Å². The Balaban J connectivity index is 2.67. The highest BCUT2D eigenvalue weighted by atomic mass is 79.9. The molecule has 0 aliphatic carbocycles. The molecule has 1 aromatic carbocycles. The first kappa shape index (κ1) is 10.0. The maximum absolute atomic E-state index is 13.2. The van der Waals surface area contributed by atoms with Crippen LogP contribution in [0.15, 0.2) is 22.7 Å². The van der Waals surface area contributed by atoms with E-state index in [9.17, 15) is 4.39 Å². The molecule has 1 rings (SSSR count). The summed E-state index contributed by atoms with van der Waals surface area (Å²) in [4.78, 5) is 0. The molecule has 0 amide bonds. The van der Waals surface area contributed by atoms with Crippen LogP contribution in [0.4, 0.5) is 10.1 Å². The molecule has 1 aromatic rings. The Morgan fingerprint density at radius 3 is 3.00 bits per heavy atom. The summed E-state index contributed by atoms with van der Waals surface area (Å²) in [6.45, 7) is 0.462. The normalized spacial score (nSPS) is 9.31. The van der Waals surface area contributed by atoms with Gasteiger partial charge in [0.05, 0.1) is 22.7 Å². The Labute approximate surface area is 84.5 Å². The summed E-state index contributed by atoms with van der Waals surface area (Å²) in [6, 6.07) is 6.98. The fourth-order valence-corrected chi connectivity index (χ4v) is 1.26.